The van der Waals surface area contributed by atoms with Crippen LogP contribution < -0.4 is 0 Å². The van der Waals surface area contributed by atoms with Crippen molar-refractivity contribution in [3.05, 3.63) is 76.6 Å². The zero-order valence-corrected chi connectivity index (χ0v) is 20.4. The van der Waals surface area contributed by atoms with Crippen molar-refractivity contribution < 1.29 is 26.7 Å². The molecule has 0 fully saturated rings. The number of imidazole rings is 1. The molecule has 11 heteroatoms. The van der Waals surface area contributed by atoms with Gasteiger partial charge in [0.05, 0.1) is 17.4 Å². The van der Waals surface area contributed by atoms with E-state index in [2.05, 4.69) is 10.1 Å². The van der Waals surface area contributed by atoms with Crippen LogP contribution in [0.3, 0.4) is 0 Å². The molecule has 4 heterocycles. The van der Waals surface area contributed by atoms with E-state index in [1.165, 1.54) is 15.3 Å². The van der Waals surface area contributed by atoms with Gasteiger partial charge in [-0.15, -0.1) is 0 Å². The standard InChI is InChI=1S/C26H24F5N5O/c1-4-14-12-15-21(33-34(3)23(15)13-10-16(27)20(29)17(28)11-13)18(5-2)36(14)26(37)24-22(25(30)31)32-19-8-6-7-9-35(19)24/h6-11,14,18,25H,4-5,12H2,1-3H3. The van der Waals surface area contributed by atoms with Crippen LogP contribution in [0.15, 0.2) is 36.5 Å². The lowest BCUT2D eigenvalue weighted by atomic mass is 9.87. The van der Waals surface area contributed by atoms with Gasteiger partial charge in [-0.3, -0.25) is 13.9 Å². The Labute approximate surface area is 209 Å². The smallest absolute Gasteiger partial charge is 0.282 e. The second-order valence-electron chi connectivity index (χ2n) is 9.07. The lowest BCUT2D eigenvalue weighted by Gasteiger charge is -2.41. The molecule has 0 aliphatic carbocycles. The lowest BCUT2D eigenvalue weighted by Crippen LogP contribution is -2.47. The topological polar surface area (TPSA) is 55.4 Å². The number of nitrogens with zero attached hydrogens (tertiary/aromatic N) is 5. The summed E-state index contributed by atoms with van der Waals surface area (Å²) < 4.78 is 72.5. The normalized spacial score (nSPS) is 17.6. The predicted molar refractivity (Wildman–Crippen MR) is 126 cm³/mol. The van der Waals surface area contributed by atoms with E-state index < -0.39 is 47.6 Å². The third-order valence-corrected chi connectivity index (χ3v) is 6.98. The van der Waals surface area contributed by atoms with Crippen molar-refractivity contribution in [3.8, 4) is 11.3 Å². The van der Waals surface area contributed by atoms with Crippen LogP contribution in [-0.4, -0.2) is 36.0 Å². The molecule has 194 valence electrons. The van der Waals surface area contributed by atoms with Gasteiger partial charge in [-0.05, 0) is 43.5 Å². The van der Waals surface area contributed by atoms with Crippen LogP contribution in [0.1, 0.15) is 66.6 Å². The van der Waals surface area contributed by atoms with Crippen molar-refractivity contribution in [1.82, 2.24) is 24.1 Å². The number of rotatable bonds is 5. The number of pyridine rings is 1. The quantitative estimate of drug-likeness (QED) is 0.240. The number of fused-ring (bicyclic) bond motifs is 2. The number of amides is 1. The maximum Gasteiger partial charge on any atom is 0.282 e. The fraction of sp³-hybridized carbons (Fsp3) is 0.346. The molecule has 1 aromatic carbocycles. The van der Waals surface area contributed by atoms with Crippen LogP contribution in [0.5, 0.6) is 0 Å². The highest BCUT2D eigenvalue weighted by Crippen LogP contribution is 2.42. The van der Waals surface area contributed by atoms with E-state index in [0.717, 1.165) is 12.1 Å². The summed E-state index contributed by atoms with van der Waals surface area (Å²) in [6, 6.07) is 5.68. The van der Waals surface area contributed by atoms with Gasteiger partial charge in [0.2, 0.25) is 0 Å². The van der Waals surface area contributed by atoms with Gasteiger partial charge in [-0.2, -0.15) is 5.10 Å². The second-order valence-corrected chi connectivity index (χ2v) is 9.07. The largest absolute Gasteiger partial charge is 0.325 e. The van der Waals surface area contributed by atoms with Crippen molar-refractivity contribution in [2.45, 2.75) is 51.6 Å². The Morgan fingerprint density at radius 1 is 1.11 bits per heavy atom. The van der Waals surface area contributed by atoms with Gasteiger partial charge in [0.25, 0.3) is 12.3 Å². The van der Waals surface area contributed by atoms with Crippen molar-refractivity contribution in [1.29, 1.82) is 0 Å². The Hall–Kier alpha value is -3.76. The minimum absolute atomic E-state index is 0.124. The summed E-state index contributed by atoms with van der Waals surface area (Å²) in [6.07, 6.45) is -0.251. The molecule has 2 unspecified atom stereocenters. The average molecular weight is 518 g/mol. The van der Waals surface area contributed by atoms with Crippen LogP contribution >= 0.6 is 0 Å². The zero-order valence-electron chi connectivity index (χ0n) is 20.4. The number of hydrogen-bond acceptors (Lipinski definition) is 3. The van der Waals surface area contributed by atoms with Gasteiger partial charge in [-0.25, -0.2) is 26.9 Å². The average Bonchev–Trinajstić information content (AvgIpc) is 3.42. The third-order valence-electron chi connectivity index (χ3n) is 6.98. The summed E-state index contributed by atoms with van der Waals surface area (Å²) >= 11 is 0. The van der Waals surface area contributed by atoms with Crippen LogP contribution in [0.4, 0.5) is 22.0 Å². The van der Waals surface area contributed by atoms with Gasteiger partial charge in [0.1, 0.15) is 17.0 Å². The summed E-state index contributed by atoms with van der Waals surface area (Å²) in [6.45, 7) is 3.72. The first-order valence-electron chi connectivity index (χ1n) is 12.0. The first kappa shape index (κ1) is 24.9. The van der Waals surface area contributed by atoms with Crippen LogP contribution in [0.25, 0.3) is 16.9 Å². The molecule has 1 amide bonds. The number of alkyl halides is 2. The summed E-state index contributed by atoms with van der Waals surface area (Å²) in [7, 11) is 1.60. The van der Waals surface area contributed by atoms with Gasteiger partial charge in [0.15, 0.2) is 17.5 Å². The molecule has 0 bridgehead atoms. The molecule has 0 saturated heterocycles. The Bertz CT molecular complexity index is 1490. The fourth-order valence-electron chi connectivity index (χ4n) is 5.37. The summed E-state index contributed by atoms with van der Waals surface area (Å²) in [5.74, 6) is -4.78. The van der Waals surface area contributed by atoms with E-state index in [9.17, 15) is 26.7 Å². The molecule has 3 aromatic heterocycles. The third kappa shape index (κ3) is 3.87. The van der Waals surface area contributed by atoms with E-state index in [0.29, 0.717) is 29.8 Å². The van der Waals surface area contributed by atoms with Gasteiger partial charge >= 0.3 is 0 Å². The SMILES string of the molecule is CCC1Cc2c(nn(C)c2-c2cc(F)c(F)c(F)c2)C(CC)N1C(=O)c1c(C(F)F)nc2ccccn12. The molecule has 0 radical (unpaired) electrons. The molecular weight excluding hydrogens is 493 g/mol. The van der Waals surface area contributed by atoms with E-state index in [-0.39, 0.29) is 23.3 Å². The number of aromatic nitrogens is 4. The predicted octanol–water partition coefficient (Wildman–Crippen LogP) is 6.02. The molecule has 37 heavy (non-hydrogen) atoms. The Morgan fingerprint density at radius 2 is 1.81 bits per heavy atom. The fourth-order valence-corrected chi connectivity index (χ4v) is 5.37. The van der Waals surface area contributed by atoms with Crippen LogP contribution in [0, 0.1) is 17.5 Å². The Morgan fingerprint density at radius 3 is 2.43 bits per heavy atom. The molecule has 0 N–H and O–H groups in total. The first-order valence-corrected chi connectivity index (χ1v) is 12.0. The van der Waals surface area contributed by atoms with Crippen LogP contribution in [-0.2, 0) is 13.5 Å². The maximum atomic E-state index is 14.1. The molecule has 1 aliphatic heterocycles. The van der Waals surface area contributed by atoms with Gasteiger partial charge < -0.3 is 4.90 Å². The number of carbonyl (C=O) groups excluding carboxylic acids is 1. The minimum Gasteiger partial charge on any atom is -0.325 e. The van der Waals surface area contributed by atoms with E-state index in [1.54, 1.807) is 30.1 Å². The van der Waals surface area contributed by atoms with E-state index in [1.807, 2.05) is 13.8 Å². The molecule has 0 saturated carbocycles. The molecule has 0 spiro atoms. The second kappa shape index (κ2) is 9.28. The molecule has 1 aliphatic rings. The van der Waals surface area contributed by atoms with Crippen LogP contribution in [0.2, 0.25) is 0 Å². The maximum absolute atomic E-state index is 14.1. The highest BCUT2D eigenvalue weighted by Gasteiger charge is 2.42. The summed E-state index contributed by atoms with van der Waals surface area (Å²) in [5.41, 5.74) is 1.17. The molecular formula is C26H24F5N5O. The number of carbonyl (C=O) groups is 1. The summed E-state index contributed by atoms with van der Waals surface area (Å²) in [5, 5.41) is 4.58. The van der Waals surface area contributed by atoms with Crippen molar-refractivity contribution in [3.63, 3.8) is 0 Å². The number of benzene rings is 1. The van der Waals surface area contributed by atoms with Crippen molar-refractivity contribution >= 4 is 11.6 Å². The van der Waals surface area contributed by atoms with Crippen molar-refractivity contribution in [2.75, 3.05) is 0 Å². The minimum atomic E-state index is -2.95. The Balaban J connectivity index is 1.66. The molecule has 6 nitrogen and oxygen atoms in total. The number of aryl methyl sites for hydroxylation is 1. The number of halogens is 5. The molecule has 5 rings (SSSR count). The first-order chi connectivity index (χ1) is 17.7. The Kier molecular flexibility index (Phi) is 6.25. The van der Waals surface area contributed by atoms with E-state index in [4.69, 9.17) is 0 Å². The van der Waals surface area contributed by atoms with Gasteiger partial charge in [-0.1, -0.05) is 19.9 Å². The zero-order chi connectivity index (χ0) is 26.6. The van der Waals surface area contributed by atoms with Gasteiger partial charge in [0, 0.05) is 30.4 Å². The highest BCUT2D eigenvalue weighted by molar-refractivity contribution is 5.95. The summed E-state index contributed by atoms with van der Waals surface area (Å²) in [4.78, 5) is 19.6. The highest BCUT2D eigenvalue weighted by atomic mass is 19.3. The lowest BCUT2D eigenvalue weighted by molar-refractivity contribution is 0.0495. The monoisotopic (exact) mass is 517 g/mol. The van der Waals surface area contributed by atoms with Crippen molar-refractivity contribution in [2.24, 2.45) is 7.05 Å². The molecule has 4 aromatic rings. The number of hydrogen-bond donors (Lipinski definition) is 0. The van der Waals surface area contributed by atoms with E-state index >= 15 is 0 Å². The molecule has 2 atom stereocenters.